The van der Waals surface area contributed by atoms with E-state index in [1.807, 2.05) is 0 Å². The van der Waals surface area contributed by atoms with Crippen molar-refractivity contribution in [3.05, 3.63) is 70.3 Å². The lowest BCUT2D eigenvalue weighted by Crippen LogP contribution is -2.53. The van der Waals surface area contributed by atoms with Crippen LogP contribution in [0.15, 0.2) is 42.5 Å². The number of aryl methyl sites for hydroxylation is 3. The Morgan fingerprint density at radius 2 is 1.50 bits per heavy atom. The number of rotatable bonds is 5. The van der Waals surface area contributed by atoms with Crippen LogP contribution >= 0.6 is 0 Å². The summed E-state index contributed by atoms with van der Waals surface area (Å²) in [6.07, 6.45) is 1.08. The normalized spacial score (nSPS) is 17.3. The van der Waals surface area contributed by atoms with Gasteiger partial charge in [0.25, 0.3) is 0 Å². The van der Waals surface area contributed by atoms with Gasteiger partial charge in [0.1, 0.15) is 0 Å². The highest BCUT2D eigenvalue weighted by Crippen LogP contribution is 2.39. The van der Waals surface area contributed by atoms with E-state index >= 15 is 0 Å². The van der Waals surface area contributed by atoms with Crippen LogP contribution in [0.25, 0.3) is 0 Å². The predicted molar refractivity (Wildman–Crippen MR) is 110 cm³/mol. The number of nitrogens with zero attached hydrogens (tertiary/aromatic N) is 1. The van der Waals surface area contributed by atoms with E-state index in [9.17, 15) is 0 Å². The monoisotopic (exact) mass is 351 g/mol. The smallest absolute Gasteiger partial charge is 0.0594 e. The maximum absolute atomic E-state index is 5.61. The highest BCUT2D eigenvalue weighted by atomic mass is 16.5. The molecule has 1 fully saturated rings. The van der Waals surface area contributed by atoms with Crippen LogP contribution in [0.2, 0.25) is 0 Å². The van der Waals surface area contributed by atoms with Crippen LogP contribution in [-0.4, -0.2) is 36.7 Å². The Balaban J connectivity index is 2.07. The van der Waals surface area contributed by atoms with Crippen molar-refractivity contribution in [1.82, 2.24) is 4.90 Å². The molecule has 0 aromatic heterocycles. The Bertz CT molecular complexity index is 706. The van der Waals surface area contributed by atoms with Crippen molar-refractivity contribution < 1.29 is 4.74 Å². The molecule has 2 aromatic rings. The first-order chi connectivity index (χ1) is 12.4. The van der Waals surface area contributed by atoms with Crippen molar-refractivity contribution >= 4 is 0 Å². The highest BCUT2D eigenvalue weighted by molar-refractivity contribution is 5.41. The van der Waals surface area contributed by atoms with Crippen LogP contribution in [0.4, 0.5) is 0 Å². The molecule has 3 rings (SSSR count). The van der Waals surface area contributed by atoms with Crippen LogP contribution in [0.3, 0.4) is 0 Å². The van der Waals surface area contributed by atoms with E-state index in [0.29, 0.717) is 5.92 Å². The molecule has 140 valence electrons. The molecule has 26 heavy (non-hydrogen) atoms. The summed E-state index contributed by atoms with van der Waals surface area (Å²) in [5, 5.41) is 0. The fourth-order valence-corrected chi connectivity index (χ4v) is 4.45. The van der Waals surface area contributed by atoms with Crippen molar-refractivity contribution in [3.8, 4) is 0 Å². The summed E-state index contributed by atoms with van der Waals surface area (Å²) in [5.74, 6) is 0.338. The summed E-state index contributed by atoms with van der Waals surface area (Å²) in [5.41, 5.74) is 6.93. The number of hydrogen-bond donors (Lipinski definition) is 0. The molecule has 0 aliphatic carbocycles. The minimum atomic E-state index is 0.0255. The fourth-order valence-electron chi connectivity index (χ4n) is 4.45. The zero-order valence-corrected chi connectivity index (χ0v) is 17.0. The van der Waals surface area contributed by atoms with E-state index in [2.05, 4.69) is 82.0 Å². The lowest BCUT2D eigenvalue weighted by Gasteiger charge is -2.46. The van der Waals surface area contributed by atoms with Gasteiger partial charge < -0.3 is 4.74 Å². The molecule has 0 saturated carbocycles. The van der Waals surface area contributed by atoms with Crippen LogP contribution in [0, 0.1) is 13.8 Å². The SMILES string of the molecule is CCc1ccc(C(c2cc(C)cc(C)c2)C(C)(C)N2CCOCC2)cc1. The second kappa shape index (κ2) is 7.94. The third-order valence-electron chi connectivity index (χ3n) is 5.83. The summed E-state index contributed by atoms with van der Waals surface area (Å²) in [6, 6.07) is 16.3. The molecule has 0 amide bonds. The maximum Gasteiger partial charge on any atom is 0.0594 e. The Kier molecular flexibility index (Phi) is 5.84. The lowest BCUT2D eigenvalue weighted by atomic mass is 9.75. The second-order valence-electron chi connectivity index (χ2n) is 8.20. The van der Waals surface area contributed by atoms with Gasteiger partial charge >= 0.3 is 0 Å². The van der Waals surface area contributed by atoms with E-state index in [1.165, 1.54) is 27.8 Å². The van der Waals surface area contributed by atoms with Gasteiger partial charge in [-0.05, 0) is 50.8 Å². The zero-order chi connectivity index (χ0) is 18.7. The first-order valence-electron chi connectivity index (χ1n) is 9.91. The van der Waals surface area contributed by atoms with Crippen molar-refractivity contribution in [2.75, 3.05) is 26.3 Å². The molecule has 2 aromatic carbocycles. The van der Waals surface area contributed by atoms with Crippen molar-refractivity contribution in [3.63, 3.8) is 0 Å². The summed E-state index contributed by atoms with van der Waals surface area (Å²) in [7, 11) is 0. The molecule has 2 nitrogen and oxygen atoms in total. The van der Waals surface area contributed by atoms with Crippen LogP contribution < -0.4 is 0 Å². The average molecular weight is 352 g/mol. The standard InChI is InChI=1S/C24H33NO/c1-6-20-7-9-21(10-8-20)23(22-16-18(2)15-19(3)17-22)24(4,5)25-11-13-26-14-12-25/h7-10,15-17,23H,6,11-14H2,1-5H3. The van der Waals surface area contributed by atoms with Gasteiger partial charge in [-0.2, -0.15) is 0 Å². The highest BCUT2D eigenvalue weighted by Gasteiger charge is 2.38. The second-order valence-corrected chi connectivity index (χ2v) is 8.20. The van der Waals surface area contributed by atoms with Gasteiger partial charge in [0.15, 0.2) is 0 Å². The summed E-state index contributed by atoms with van der Waals surface area (Å²) >= 11 is 0. The minimum Gasteiger partial charge on any atom is -0.379 e. The third kappa shape index (κ3) is 4.02. The molecule has 0 N–H and O–H groups in total. The van der Waals surface area contributed by atoms with Gasteiger partial charge in [0.05, 0.1) is 13.2 Å². The molecule has 0 spiro atoms. The summed E-state index contributed by atoms with van der Waals surface area (Å²) in [6.45, 7) is 15.1. The van der Waals surface area contributed by atoms with Gasteiger partial charge in [0.2, 0.25) is 0 Å². The van der Waals surface area contributed by atoms with Crippen LogP contribution in [-0.2, 0) is 11.2 Å². The Labute approximate surface area is 159 Å². The van der Waals surface area contributed by atoms with Gasteiger partial charge in [-0.25, -0.2) is 0 Å². The number of ether oxygens (including phenoxy) is 1. The Morgan fingerprint density at radius 3 is 2.04 bits per heavy atom. The largest absolute Gasteiger partial charge is 0.379 e. The molecule has 1 heterocycles. The quantitative estimate of drug-likeness (QED) is 0.742. The average Bonchev–Trinajstić information content (AvgIpc) is 2.62. The van der Waals surface area contributed by atoms with E-state index in [1.54, 1.807) is 0 Å². The molecule has 2 heteroatoms. The predicted octanol–water partition coefficient (Wildman–Crippen LogP) is 5.11. The van der Waals surface area contributed by atoms with E-state index in [0.717, 1.165) is 32.7 Å². The van der Waals surface area contributed by atoms with Crippen molar-refractivity contribution in [2.24, 2.45) is 0 Å². The van der Waals surface area contributed by atoms with Crippen molar-refractivity contribution in [2.45, 2.75) is 52.5 Å². The fraction of sp³-hybridized carbons (Fsp3) is 0.500. The number of benzene rings is 2. The first-order valence-corrected chi connectivity index (χ1v) is 9.91. The molecule has 0 bridgehead atoms. The third-order valence-corrected chi connectivity index (χ3v) is 5.83. The molecule has 1 aliphatic rings. The number of hydrogen-bond acceptors (Lipinski definition) is 2. The molecule has 1 atom stereocenters. The first kappa shape index (κ1) is 19.1. The van der Waals surface area contributed by atoms with E-state index in [-0.39, 0.29) is 5.54 Å². The zero-order valence-electron chi connectivity index (χ0n) is 17.0. The maximum atomic E-state index is 5.61. The Hall–Kier alpha value is -1.64. The van der Waals surface area contributed by atoms with Gasteiger partial charge in [-0.15, -0.1) is 0 Å². The van der Waals surface area contributed by atoms with Crippen molar-refractivity contribution in [1.29, 1.82) is 0 Å². The molecule has 0 radical (unpaired) electrons. The lowest BCUT2D eigenvalue weighted by molar-refractivity contribution is -0.0155. The van der Waals surface area contributed by atoms with Gasteiger partial charge in [-0.3, -0.25) is 4.90 Å². The van der Waals surface area contributed by atoms with Gasteiger partial charge in [0, 0.05) is 24.5 Å². The summed E-state index contributed by atoms with van der Waals surface area (Å²) in [4.78, 5) is 2.60. The van der Waals surface area contributed by atoms with E-state index < -0.39 is 0 Å². The van der Waals surface area contributed by atoms with Crippen LogP contribution in [0.1, 0.15) is 54.5 Å². The van der Waals surface area contributed by atoms with Gasteiger partial charge in [-0.1, -0.05) is 60.5 Å². The number of morpholine rings is 1. The molecule has 1 aliphatic heterocycles. The Morgan fingerprint density at radius 1 is 0.923 bits per heavy atom. The van der Waals surface area contributed by atoms with E-state index in [4.69, 9.17) is 4.74 Å². The summed E-state index contributed by atoms with van der Waals surface area (Å²) < 4.78 is 5.61. The molecule has 1 unspecified atom stereocenters. The van der Waals surface area contributed by atoms with Crippen LogP contribution in [0.5, 0.6) is 0 Å². The molecule has 1 saturated heterocycles. The molecular weight excluding hydrogens is 318 g/mol. The minimum absolute atomic E-state index is 0.0255. The topological polar surface area (TPSA) is 12.5 Å². The molecular formula is C24H33NO.